The zero-order valence-electron chi connectivity index (χ0n) is 23.3. The Bertz CT molecular complexity index is 452. The molecule has 0 radical (unpaired) electrons. The van der Waals surface area contributed by atoms with Crippen LogP contribution in [0.25, 0.3) is 0 Å². The summed E-state index contributed by atoms with van der Waals surface area (Å²) in [5.74, 6) is 0.00693. The molecule has 0 bridgehead atoms. The van der Waals surface area contributed by atoms with Crippen LogP contribution < -0.4 is 0 Å². The highest BCUT2D eigenvalue weighted by molar-refractivity contribution is 5.69. The summed E-state index contributed by atoms with van der Waals surface area (Å²) in [5.41, 5.74) is 0. The lowest BCUT2D eigenvalue weighted by atomic mass is 10.1. The van der Waals surface area contributed by atoms with Crippen molar-refractivity contribution in [2.45, 2.75) is 168 Å². The number of carbonyl (C=O) groups excluding carboxylic acids is 1. The van der Waals surface area contributed by atoms with Crippen LogP contribution >= 0.6 is 0 Å². The van der Waals surface area contributed by atoms with Crippen LogP contribution in [0.1, 0.15) is 168 Å². The maximum Gasteiger partial charge on any atom is 0.305 e. The molecule has 0 saturated carbocycles. The minimum Gasteiger partial charge on any atom is -0.466 e. The number of allylic oxidation sites excluding steroid dienone is 4. The summed E-state index contributed by atoms with van der Waals surface area (Å²) < 4.78 is 5.40. The number of carbonyl (C=O) groups is 1. The van der Waals surface area contributed by atoms with Crippen LogP contribution in [0.3, 0.4) is 0 Å². The minimum atomic E-state index is 0.00693. The highest BCUT2D eigenvalue weighted by atomic mass is 16.5. The van der Waals surface area contributed by atoms with E-state index in [-0.39, 0.29) is 5.97 Å². The fraction of sp³-hybridized carbons (Fsp3) is 0.844. The molecule has 0 N–H and O–H groups in total. The second kappa shape index (κ2) is 30.0. The molecule has 0 saturated heterocycles. The van der Waals surface area contributed by atoms with Crippen molar-refractivity contribution in [1.29, 1.82) is 0 Å². The standard InChI is InChI=1S/C32H60O2/c1-3-5-7-9-11-13-15-17-18-19-20-22-24-26-28-30-32(33)34-31-29-27-25-23-21-16-14-12-10-8-6-4-2/h10,12,17-18H,3-9,11,13-16,19-31H2,1-2H3/b12-10+,18-17-. The molecular weight excluding hydrogens is 416 g/mol. The first-order valence-electron chi connectivity index (χ1n) is 15.3. The van der Waals surface area contributed by atoms with Crippen LogP contribution in [0.2, 0.25) is 0 Å². The van der Waals surface area contributed by atoms with Gasteiger partial charge in [-0.3, -0.25) is 4.79 Å². The molecule has 0 atom stereocenters. The van der Waals surface area contributed by atoms with Crippen LogP contribution in [-0.4, -0.2) is 12.6 Å². The Hall–Kier alpha value is -1.05. The third-order valence-electron chi connectivity index (χ3n) is 6.56. The molecule has 0 aliphatic heterocycles. The zero-order chi connectivity index (χ0) is 24.8. The van der Waals surface area contributed by atoms with Gasteiger partial charge in [0.1, 0.15) is 0 Å². The zero-order valence-corrected chi connectivity index (χ0v) is 23.3. The van der Waals surface area contributed by atoms with Crippen molar-refractivity contribution in [3.63, 3.8) is 0 Å². The molecule has 0 aromatic carbocycles. The molecule has 0 spiro atoms. The van der Waals surface area contributed by atoms with E-state index >= 15 is 0 Å². The fourth-order valence-electron chi connectivity index (χ4n) is 4.23. The molecule has 34 heavy (non-hydrogen) atoms. The first kappa shape index (κ1) is 33.0. The van der Waals surface area contributed by atoms with Gasteiger partial charge >= 0.3 is 5.97 Å². The van der Waals surface area contributed by atoms with Gasteiger partial charge in [0.2, 0.25) is 0 Å². The summed E-state index contributed by atoms with van der Waals surface area (Å²) in [6.07, 6.45) is 39.3. The van der Waals surface area contributed by atoms with Gasteiger partial charge in [-0.2, -0.15) is 0 Å². The summed E-state index contributed by atoms with van der Waals surface area (Å²) >= 11 is 0. The van der Waals surface area contributed by atoms with Gasteiger partial charge in [-0.15, -0.1) is 0 Å². The van der Waals surface area contributed by atoms with Crippen molar-refractivity contribution in [3.05, 3.63) is 24.3 Å². The molecule has 0 unspecified atom stereocenters. The molecule has 0 aromatic rings. The number of esters is 1. The number of rotatable bonds is 27. The molecule has 0 aliphatic rings. The van der Waals surface area contributed by atoms with Crippen molar-refractivity contribution < 1.29 is 9.53 Å². The summed E-state index contributed by atoms with van der Waals surface area (Å²) in [6, 6.07) is 0. The topological polar surface area (TPSA) is 26.3 Å². The summed E-state index contributed by atoms with van der Waals surface area (Å²) in [6.45, 7) is 5.13. The van der Waals surface area contributed by atoms with Crippen molar-refractivity contribution in [3.8, 4) is 0 Å². The van der Waals surface area contributed by atoms with Gasteiger partial charge in [0.15, 0.2) is 0 Å². The van der Waals surface area contributed by atoms with Crippen LogP contribution in [0.5, 0.6) is 0 Å². The molecule has 0 rings (SSSR count). The molecule has 0 heterocycles. The summed E-state index contributed by atoms with van der Waals surface area (Å²) in [5, 5.41) is 0. The third kappa shape index (κ3) is 29.0. The largest absolute Gasteiger partial charge is 0.466 e. The van der Waals surface area contributed by atoms with Crippen LogP contribution in [-0.2, 0) is 9.53 Å². The lowest BCUT2D eigenvalue weighted by Crippen LogP contribution is -2.05. The Kier molecular flexibility index (Phi) is 29.1. The van der Waals surface area contributed by atoms with Crippen LogP contribution in [0.15, 0.2) is 24.3 Å². The van der Waals surface area contributed by atoms with Gasteiger partial charge in [0.05, 0.1) is 6.61 Å². The molecule has 2 nitrogen and oxygen atoms in total. The second-order valence-corrected chi connectivity index (χ2v) is 10.1. The Morgan fingerprint density at radius 3 is 1.35 bits per heavy atom. The second-order valence-electron chi connectivity index (χ2n) is 10.1. The first-order chi connectivity index (χ1) is 16.8. The average molecular weight is 477 g/mol. The smallest absolute Gasteiger partial charge is 0.305 e. The Labute approximate surface area is 214 Å². The van der Waals surface area contributed by atoms with Gasteiger partial charge in [-0.1, -0.05) is 128 Å². The summed E-state index contributed by atoms with van der Waals surface area (Å²) in [7, 11) is 0. The molecule has 0 fully saturated rings. The molecular formula is C32H60O2. The van der Waals surface area contributed by atoms with Gasteiger partial charge in [-0.25, -0.2) is 0 Å². The first-order valence-corrected chi connectivity index (χ1v) is 15.3. The van der Waals surface area contributed by atoms with Gasteiger partial charge in [-0.05, 0) is 57.8 Å². The van der Waals surface area contributed by atoms with Crippen LogP contribution in [0, 0.1) is 0 Å². The van der Waals surface area contributed by atoms with E-state index in [0.29, 0.717) is 13.0 Å². The van der Waals surface area contributed by atoms with Crippen molar-refractivity contribution in [1.82, 2.24) is 0 Å². The predicted octanol–water partition coefficient (Wildman–Crippen LogP) is 11.0. The van der Waals surface area contributed by atoms with Gasteiger partial charge in [0.25, 0.3) is 0 Å². The maximum atomic E-state index is 11.8. The van der Waals surface area contributed by atoms with E-state index < -0.39 is 0 Å². The van der Waals surface area contributed by atoms with E-state index in [1.807, 2.05) is 0 Å². The Morgan fingerprint density at radius 2 is 0.853 bits per heavy atom. The Balaban J connectivity index is 3.23. The van der Waals surface area contributed by atoms with Gasteiger partial charge in [0, 0.05) is 6.42 Å². The molecule has 0 aliphatic carbocycles. The number of hydrogen-bond donors (Lipinski definition) is 0. The number of unbranched alkanes of at least 4 members (excludes halogenated alkanes) is 19. The maximum absolute atomic E-state index is 11.8. The van der Waals surface area contributed by atoms with E-state index in [9.17, 15) is 4.79 Å². The molecule has 0 amide bonds. The lowest BCUT2D eigenvalue weighted by Gasteiger charge is -2.05. The van der Waals surface area contributed by atoms with E-state index in [2.05, 4.69) is 38.2 Å². The highest BCUT2D eigenvalue weighted by Gasteiger charge is 2.02. The summed E-state index contributed by atoms with van der Waals surface area (Å²) in [4.78, 5) is 11.8. The quantitative estimate of drug-likeness (QED) is 0.0669. The van der Waals surface area contributed by atoms with Crippen molar-refractivity contribution in [2.24, 2.45) is 0 Å². The van der Waals surface area contributed by atoms with Crippen molar-refractivity contribution >= 4 is 5.97 Å². The van der Waals surface area contributed by atoms with Gasteiger partial charge < -0.3 is 4.74 Å². The lowest BCUT2D eigenvalue weighted by molar-refractivity contribution is -0.143. The van der Waals surface area contributed by atoms with Crippen LogP contribution in [0.4, 0.5) is 0 Å². The van der Waals surface area contributed by atoms with Crippen molar-refractivity contribution in [2.75, 3.05) is 6.61 Å². The average Bonchev–Trinajstić information content (AvgIpc) is 2.84. The van der Waals surface area contributed by atoms with E-state index in [4.69, 9.17) is 4.74 Å². The minimum absolute atomic E-state index is 0.00693. The Morgan fingerprint density at radius 1 is 0.471 bits per heavy atom. The SMILES string of the molecule is CCCC/C=C/CCCCCCCCOC(=O)CCCCCCC/C=C\CCCCCCCC. The monoisotopic (exact) mass is 476 g/mol. The number of hydrogen-bond acceptors (Lipinski definition) is 2. The molecule has 2 heteroatoms. The third-order valence-corrected chi connectivity index (χ3v) is 6.56. The van der Waals surface area contributed by atoms with E-state index in [1.54, 1.807) is 0 Å². The number of ether oxygens (including phenoxy) is 1. The normalized spacial score (nSPS) is 11.7. The molecule has 200 valence electrons. The molecule has 0 aromatic heterocycles. The van der Waals surface area contributed by atoms with E-state index in [0.717, 1.165) is 19.3 Å². The van der Waals surface area contributed by atoms with E-state index in [1.165, 1.54) is 128 Å². The highest BCUT2D eigenvalue weighted by Crippen LogP contribution is 2.11. The predicted molar refractivity (Wildman–Crippen MR) is 151 cm³/mol. The fourth-order valence-corrected chi connectivity index (χ4v) is 4.23.